The van der Waals surface area contributed by atoms with E-state index in [0.29, 0.717) is 5.38 Å². The lowest BCUT2D eigenvalue weighted by Crippen LogP contribution is -2.30. The molecule has 1 fully saturated rings. The Morgan fingerprint density at radius 3 is 2.63 bits per heavy atom. The van der Waals surface area contributed by atoms with Gasteiger partial charge in [-0.1, -0.05) is 18.6 Å². The molecule has 0 aromatic heterocycles. The summed E-state index contributed by atoms with van der Waals surface area (Å²) in [4.78, 5) is 4.65. The van der Waals surface area contributed by atoms with Gasteiger partial charge in [0.2, 0.25) is 0 Å². The highest BCUT2D eigenvalue weighted by atomic mass is 35.5. The van der Waals surface area contributed by atoms with Crippen molar-refractivity contribution in [1.29, 1.82) is 0 Å². The summed E-state index contributed by atoms with van der Waals surface area (Å²) < 4.78 is 0. The van der Waals surface area contributed by atoms with E-state index >= 15 is 0 Å². The van der Waals surface area contributed by atoms with Crippen LogP contribution in [0.1, 0.15) is 24.8 Å². The van der Waals surface area contributed by atoms with Gasteiger partial charge in [0.05, 0.1) is 0 Å². The van der Waals surface area contributed by atoms with Gasteiger partial charge in [0.15, 0.2) is 0 Å². The molecule has 0 bridgehead atoms. The molecular formula is C16H25ClN2. The van der Waals surface area contributed by atoms with Crippen molar-refractivity contribution in [2.75, 3.05) is 38.6 Å². The van der Waals surface area contributed by atoms with Crippen molar-refractivity contribution in [3.8, 4) is 0 Å². The Bertz CT molecular complexity index is 375. The van der Waals surface area contributed by atoms with Crippen LogP contribution in [0.25, 0.3) is 0 Å². The Balaban J connectivity index is 1.84. The molecule has 1 aliphatic rings. The fourth-order valence-electron chi connectivity index (χ4n) is 2.62. The normalized spacial score (nSPS) is 21.1. The molecular weight excluding hydrogens is 256 g/mol. The predicted octanol–water partition coefficient (Wildman–Crippen LogP) is 3.39. The van der Waals surface area contributed by atoms with Crippen LogP contribution in [0.4, 0.5) is 5.69 Å². The number of anilines is 1. The lowest BCUT2D eigenvalue weighted by molar-refractivity contribution is 0.290. The van der Waals surface area contributed by atoms with E-state index in [9.17, 15) is 0 Å². The second kappa shape index (κ2) is 7.16. The summed E-state index contributed by atoms with van der Waals surface area (Å²) in [5.74, 6) is 0. The van der Waals surface area contributed by atoms with Crippen molar-refractivity contribution in [3.05, 3.63) is 29.8 Å². The van der Waals surface area contributed by atoms with Crippen molar-refractivity contribution < 1.29 is 0 Å². The van der Waals surface area contributed by atoms with Crippen LogP contribution in [0.2, 0.25) is 0 Å². The summed E-state index contributed by atoms with van der Waals surface area (Å²) in [7, 11) is 4.15. The maximum Gasteiger partial charge on any atom is 0.0463 e. The van der Waals surface area contributed by atoms with E-state index in [1.165, 1.54) is 37.1 Å². The van der Waals surface area contributed by atoms with Gasteiger partial charge in [-0.2, -0.15) is 0 Å². The van der Waals surface area contributed by atoms with Gasteiger partial charge >= 0.3 is 0 Å². The fourth-order valence-corrected chi connectivity index (χ4v) is 2.96. The summed E-state index contributed by atoms with van der Waals surface area (Å²) in [6.45, 7) is 3.39. The number of hydrogen-bond acceptors (Lipinski definition) is 2. The SMILES string of the molecule is CN(C)c1ccc(CCN2CCCC[C@@H](Cl)C2)cc1. The first kappa shape index (κ1) is 14.7. The highest BCUT2D eigenvalue weighted by Crippen LogP contribution is 2.17. The molecule has 1 heterocycles. The number of likely N-dealkylation sites (tertiary alicyclic amines) is 1. The zero-order chi connectivity index (χ0) is 13.7. The van der Waals surface area contributed by atoms with Gasteiger partial charge in [-0.25, -0.2) is 0 Å². The third kappa shape index (κ3) is 4.70. The molecule has 2 rings (SSSR count). The number of halogens is 1. The van der Waals surface area contributed by atoms with Crippen LogP contribution in [0.5, 0.6) is 0 Å². The minimum absolute atomic E-state index is 0.346. The van der Waals surface area contributed by atoms with Crippen LogP contribution in [0, 0.1) is 0 Å². The number of nitrogens with zero attached hydrogens (tertiary/aromatic N) is 2. The first-order chi connectivity index (χ1) is 9.15. The fraction of sp³-hybridized carbons (Fsp3) is 0.625. The number of rotatable bonds is 4. The van der Waals surface area contributed by atoms with Crippen LogP contribution >= 0.6 is 11.6 Å². The van der Waals surface area contributed by atoms with E-state index in [-0.39, 0.29) is 0 Å². The number of hydrogen-bond donors (Lipinski definition) is 0. The predicted molar refractivity (Wildman–Crippen MR) is 84.4 cm³/mol. The van der Waals surface area contributed by atoms with Crippen LogP contribution in [-0.2, 0) is 6.42 Å². The molecule has 1 saturated heterocycles. The summed E-state index contributed by atoms with van der Waals surface area (Å²) in [6, 6.07) is 8.88. The molecule has 0 radical (unpaired) electrons. The lowest BCUT2D eigenvalue weighted by Gasteiger charge is -2.21. The Kier molecular flexibility index (Phi) is 5.53. The average molecular weight is 281 g/mol. The van der Waals surface area contributed by atoms with E-state index in [2.05, 4.69) is 48.2 Å². The molecule has 1 aliphatic heterocycles. The quantitative estimate of drug-likeness (QED) is 0.780. The van der Waals surface area contributed by atoms with Gasteiger partial charge in [0.25, 0.3) is 0 Å². The molecule has 1 atom stereocenters. The molecule has 0 unspecified atom stereocenters. The molecule has 1 aromatic carbocycles. The van der Waals surface area contributed by atoms with E-state index in [0.717, 1.165) is 19.5 Å². The molecule has 0 aliphatic carbocycles. The first-order valence-corrected chi connectivity index (χ1v) is 7.71. The van der Waals surface area contributed by atoms with Crippen LogP contribution < -0.4 is 4.90 Å². The third-order valence-electron chi connectivity index (χ3n) is 3.87. The summed E-state index contributed by atoms with van der Waals surface area (Å²) in [5.41, 5.74) is 2.68. The van der Waals surface area contributed by atoms with Gasteiger partial charge in [0, 0.05) is 38.2 Å². The van der Waals surface area contributed by atoms with Crippen molar-refractivity contribution >= 4 is 17.3 Å². The van der Waals surface area contributed by atoms with Gasteiger partial charge in [-0.3, -0.25) is 0 Å². The summed E-state index contributed by atoms with van der Waals surface area (Å²) in [5, 5.41) is 0.346. The minimum Gasteiger partial charge on any atom is -0.378 e. The Morgan fingerprint density at radius 2 is 1.95 bits per heavy atom. The smallest absolute Gasteiger partial charge is 0.0463 e. The molecule has 106 valence electrons. The van der Waals surface area contributed by atoms with Gasteiger partial charge in [-0.15, -0.1) is 11.6 Å². The largest absolute Gasteiger partial charge is 0.378 e. The maximum absolute atomic E-state index is 6.31. The first-order valence-electron chi connectivity index (χ1n) is 7.28. The van der Waals surface area contributed by atoms with Gasteiger partial charge < -0.3 is 9.80 Å². The molecule has 3 heteroatoms. The monoisotopic (exact) mass is 280 g/mol. The highest BCUT2D eigenvalue weighted by Gasteiger charge is 2.15. The minimum atomic E-state index is 0.346. The lowest BCUT2D eigenvalue weighted by atomic mass is 10.1. The Labute approximate surface area is 122 Å². The van der Waals surface area contributed by atoms with E-state index in [1.54, 1.807) is 0 Å². The van der Waals surface area contributed by atoms with E-state index < -0.39 is 0 Å². The summed E-state index contributed by atoms with van der Waals surface area (Å²) in [6.07, 6.45) is 4.87. The molecule has 1 aromatic rings. The molecule has 0 spiro atoms. The van der Waals surface area contributed by atoms with E-state index in [4.69, 9.17) is 11.6 Å². The Morgan fingerprint density at radius 1 is 1.21 bits per heavy atom. The van der Waals surface area contributed by atoms with Crippen molar-refractivity contribution in [2.24, 2.45) is 0 Å². The second-order valence-corrected chi connectivity index (χ2v) is 6.32. The second-order valence-electron chi connectivity index (χ2n) is 5.70. The van der Waals surface area contributed by atoms with Gasteiger partial charge in [-0.05, 0) is 43.5 Å². The standard InChI is InChI=1S/C16H25ClN2/c1-18(2)16-8-6-14(7-9-16)10-12-19-11-4-3-5-15(17)13-19/h6-9,15H,3-5,10-13H2,1-2H3/t15-/m1/s1. The number of benzene rings is 1. The van der Waals surface area contributed by atoms with Crippen LogP contribution in [0.3, 0.4) is 0 Å². The van der Waals surface area contributed by atoms with Gasteiger partial charge in [0.1, 0.15) is 0 Å². The third-order valence-corrected chi connectivity index (χ3v) is 4.22. The molecule has 0 amide bonds. The van der Waals surface area contributed by atoms with Crippen LogP contribution in [-0.4, -0.2) is 44.0 Å². The summed E-state index contributed by atoms with van der Waals surface area (Å²) >= 11 is 6.31. The van der Waals surface area contributed by atoms with Crippen molar-refractivity contribution in [2.45, 2.75) is 31.1 Å². The molecule has 19 heavy (non-hydrogen) atoms. The zero-order valence-corrected chi connectivity index (χ0v) is 12.9. The van der Waals surface area contributed by atoms with Crippen molar-refractivity contribution in [1.82, 2.24) is 4.90 Å². The molecule has 0 N–H and O–H groups in total. The maximum atomic E-state index is 6.31. The Hall–Kier alpha value is -0.730. The van der Waals surface area contributed by atoms with E-state index in [1.807, 2.05) is 0 Å². The number of alkyl halides is 1. The highest BCUT2D eigenvalue weighted by molar-refractivity contribution is 6.20. The topological polar surface area (TPSA) is 6.48 Å². The molecule has 2 nitrogen and oxygen atoms in total. The zero-order valence-electron chi connectivity index (χ0n) is 12.1. The average Bonchev–Trinajstić information content (AvgIpc) is 2.61. The molecule has 0 saturated carbocycles. The van der Waals surface area contributed by atoms with Crippen LogP contribution in [0.15, 0.2) is 24.3 Å². The van der Waals surface area contributed by atoms with Crippen molar-refractivity contribution in [3.63, 3.8) is 0 Å².